The summed E-state index contributed by atoms with van der Waals surface area (Å²) < 4.78 is 0. The maximum Gasteiger partial charge on any atom is 0.324 e. The van der Waals surface area contributed by atoms with Gasteiger partial charge in [0.1, 0.15) is 11.5 Å². The highest BCUT2D eigenvalue weighted by Gasteiger charge is 2.13. The second-order valence-electron chi connectivity index (χ2n) is 6.89. The van der Waals surface area contributed by atoms with E-state index >= 15 is 0 Å². The van der Waals surface area contributed by atoms with Gasteiger partial charge in [-0.25, -0.2) is 14.8 Å². The van der Waals surface area contributed by atoms with Crippen molar-refractivity contribution in [3.05, 3.63) is 96.3 Å². The molecule has 0 unspecified atom stereocenters. The van der Waals surface area contributed by atoms with E-state index in [1.807, 2.05) is 30.3 Å². The Bertz CT molecular complexity index is 1180. The fourth-order valence-corrected chi connectivity index (χ4v) is 3.03. The lowest BCUT2D eigenvalue weighted by Crippen LogP contribution is -2.21. The molecule has 0 bridgehead atoms. The molecule has 4 aromatic rings. The average Bonchev–Trinajstić information content (AvgIpc) is 2.78. The van der Waals surface area contributed by atoms with E-state index in [1.165, 1.54) is 12.1 Å². The molecule has 0 atom stereocenters. The van der Waals surface area contributed by atoms with Crippen LogP contribution in [-0.4, -0.2) is 26.2 Å². The van der Waals surface area contributed by atoms with Gasteiger partial charge in [-0.2, -0.15) is 0 Å². The van der Waals surface area contributed by atoms with E-state index in [0.717, 1.165) is 11.1 Å². The molecule has 4 rings (SSSR count). The normalized spacial score (nSPS) is 10.5. The molecule has 154 valence electrons. The van der Waals surface area contributed by atoms with Gasteiger partial charge in [-0.3, -0.25) is 5.32 Å². The summed E-state index contributed by atoms with van der Waals surface area (Å²) in [5, 5.41) is 24.4. The summed E-state index contributed by atoms with van der Waals surface area (Å²) in [4.78, 5) is 21.6. The summed E-state index contributed by atoms with van der Waals surface area (Å²) >= 11 is 0. The maximum atomic E-state index is 12.5. The number of aromatic hydroxyl groups is 2. The van der Waals surface area contributed by atoms with E-state index in [0.29, 0.717) is 29.3 Å². The highest BCUT2D eigenvalue weighted by atomic mass is 16.3. The van der Waals surface area contributed by atoms with Gasteiger partial charge in [-0.15, -0.1) is 0 Å². The number of phenols is 2. The Morgan fingerprint density at radius 1 is 0.806 bits per heavy atom. The lowest BCUT2D eigenvalue weighted by atomic mass is 10.1. The van der Waals surface area contributed by atoms with Crippen LogP contribution in [0.1, 0.15) is 11.3 Å². The maximum absolute atomic E-state index is 12.5. The quantitative estimate of drug-likeness (QED) is 0.353. The number of carbonyl (C=O) groups excluding carboxylic acids is 1. The van der Waals surface area contributed by atoms with Crippen LogP contribution in [0.3, 0.4) is 0 Å². The number of hydrogen-bond donors (Lipinski definition) is 4. The number of rotatable bonds is 5. The number of carbonyl (C=O) groups is 1. The van der Waals surface area contributed by atoms with E-state index in [1.54, 1.807) is 42.6 Å². The van der Waals surface area contributed by atoms with Crippen LogP contribution < -0.4 is 10.6 Å². The molecule has 3 aromatic carbocycles. The van der Waals surface area contributed by atoms with Crippen molar-refractivity contribution in [1.29, 1.82) is 0 Å². The molecule has 0 aliphatic rings. The largest absolute Gasteiger partial charge is 0.508 e. The zero-order valence-electron chi connectivity index (χ0n) is 16.5. The molecule has 0 saturated carbocycles. The SMILES string of the molecule is O=C(Nc1ccc(O)cc1)Nc1ncc(-c2ccc(O)cc2)nc1Cc1ccccc1. The number of nitrogens with zero attached hydrogens (tertiary/aromatic N) is 2. The Morgan fingerprint density at radius 2 is 1.45 bits per heavy atom. The Morgan fingerprint density at radius 3 is 2.13 bits per heavy atom. The summed E-state index contributed by atoms with van der Waals surface area (Å²) in [6, 6.07) is 22.2. The van der Waals surface area contributed by atoms with Gasteiger partial charge in [-0.05, 0) is 54.1 Å². The van der Waals surface area contributed by atoms with Gasteiger partial charge in [0.2, 0.25) is 0 Å². The number of anilines is 2. The first-order chi connectivity index (χ1) is 15.1. The van der Waals surface area contributed by atoms with Crippen molar-refractivity contribution < 1.29 is 15.0 Å². The molecule has 1 heterocycles. The summed E-state index contributed by atoms with van der Waals surface area (Å²) in [5.74, 6) is 0.639. The summed E-state index contributed by atoms with van der Waals surface area (Å²) in [5.41, 5.74) is 3.61. The monoisotopic (exact) mass is 412 g/mol. The Balaban J connectivity index is 1.61. The zero-order valence-corrected chi connectivity index (χ0v) is 16.5. The highest BCUT2D eigenvalue weighted by Crippen LogP contribution is 2.24. The summed E-state index contributed by atoms with van der Waals surface area (Å²) in [6.07, 6.45) is 2.06. The van der Waals surface area contributed by atoms with Crippen molar-refractivity contribution in [3.63, 3.8) is 0 Å². The predicted octanol–water partition coefficient (Wildman–Crippen LogP) is 4.79. The zero-order chi connectivity index (χ0) is 21.6. The molecule has 31 heavy (non-hydrogen) atoms. The molecule has 0 fully saturated rings. The minimum absolute atomic E-state index is 0.117. The minimum atomic E-state index is -0.466. The Labute approximate surface area is 179 Å². The van der Waals surface area contributed by atoms with Gasteiger partial charge >= 0.3 is 6.03 Å². The summed E-state index contributed by atoms with van der Waals surface area (Å²) in [6.45, 7) is 0. The van der Waals surface area contributed by atoms with Gasteiger partial charge in [0.25, 0.3) is 0 Å². The Hall–Kier alpha value is -4.39. The first-order valence-corrected chi connectivity index (χ1v) is 9.63. The molecule has 0 radical (unpaired) electrons. The molecule has 4 N–H and O–H groups in total. The molecule has 7 nitrogen and oxygen atoms in total. The molecule has 7 heteroatoms. The van der Waals surface area contributed by atoms with Gasteiger partial charge in [0.05, 0.1) is 17.6 Å². The van der Waals surface area contributed by atoms with Crippen LogP contribution in [0.2, 0.25) is 0 Å². The molecular formula is C24H20N4O3. The highest BCUT2D eigenvalue weighted by molar-refractivity contribution is 5.99. The van der Waals surface area contributed by atoms with Crippen LogP contribution in [0, 0.1) is 0 Å². The van der Waals surface area contributed by atoms with Crippen LogP contribution in [0.5, 0.6) is 11.5 Å². The number of amides is 2. The molecule has 0 saturated heterocycles. The van der Waals surface area contributed by atoms with Gasteiger partial charge in [0.15, 0.2) is 5.82 Å². The second kappa shape index (κ2) is 8.96. The summed E-state index contributed by atoms with van der Waals surface area (Å²) in [7, 11) is 0. The first-order valence-electron chi connectivity index (χ1n) is 9.63. The van der Waals surface area contributed by atoms with Crippen LogP contribution >= 0.6 is 0 Å². The van der Waals surface area contributed by atoms with Crippen molar-refractivity contribution in [1.82, 2.24) is 9.97 Å². The van der Waals surface area contributed by atoms with Crippen molar-refractivity contribution in [2.45, 2.75) is 6.42 Å². The fourth-order valence-electron chi connectivity index (χ4n) is 3.03. The number of benzene rings is 3. The minimum Gasteiger partial charge on any atom is -0.508 e. The Kier molecular flexibility index (Phi) is 5.75. The molecular weight excluding hydrogens is 392 g/mol. The lowest BCUT2D eigenvalue weighted by Gasteiger charge is -2.12. The number of nitrogens with one attached hydrogen (secondary N) is 2. The number of phenolic OH excluding ortho intramolecular Hbond substituents is 2. The van der Waals surface area contributed by atoms with Gasteiger partial charge in [0, 0.05) is 17.7 Å². The van der Waals surface area contributed by atoms with Crippen LogP contribution in [0.4, 0.5) is 16.3 Å². The van der Waals surface area contributed by atoms with Crippen LogP contribution in [0.15, 0.2) is 85.1 Å². The third-order valence-corrected chi connectivity index (χ3v) is 4.58. The predicted molar refractivity (Wildman–Crippen MR) is 119 cm³/mol. The van der Waals surface area contributed by atoms with Crippen molar-refractivity contribution >= 4 is 17.5 Å². The standard InChI is InChI=1S/C24H20N4O3/c29-19-10-6-17(7-11-19)22-15-25-23(21(27-22)14-16-4-2-1-3-5-16)28-24(31)26-18-8-12-20(30)13-9-18/h1-13,15,29-30H,14H2,(H2,25,26,28,31). The fraction of sp³-hybridized carbons (Fsp3) is 0.0417. The molecule has 0 aliphatic heterocycles. The third-order valence-electron chi connectivity index (χ3n) is 4.58. The van der Waals surface area contributed by atoms with Crippen molar-refractivity contribution in [2.24, 2.45) is 0 Å². The van der Waals surface area contributed by atoms with Crippen molar-refractivity contribution in [3.8, 4) is 22.8 Å². The number of aromatic nitrogens is 2. The van der Waals surface area contributed by atoms with E-state index in [9.17, 15) is 15.0 Å². The number of urea groups is 1. The lowest BCUT2D eigenvalue weighted by molar-refractivity contribution is 0.262. The molecule has 2 amide bonds. The van der Waals surface area contributed by atoms with Gasteiger partial charge in [-0.1, -0.05) is 30.3 Å². The topological polar surface area (TPSA) is 107 Å². The third kappa shape index (κ3) is 5.16. The molecule has 0 aliphatic carbocycles. The number of hydrogen-bond acceptors (Lipinski definition) is 5. The van der Waals surface area contributed by atoms with E-state index < -0.39 is 6.03 Å². The average molecular weight is 412 g/mol. The molecule has 0 spiro atoms. The van der Waals surface area contributed by atoms with E-state index in [4.69, 9.17) is 4.98 Å². The van der Waals surface area contributed by atoms with E-state index in [2.05, 4.69) is 15.6 Å². The van der Waals surface area contributed by atoms with Gasteiger partial charge < -0.3 is 15.5 Å². The molecule has 1 aromatic heterocycles. The van der Waals surface area contributed by atoms with E-state index in [-0.39, 0.29) is 11.5 Å². The first kappa shape index (κ1) is 19.9. The van der Waals surface area contributed by atoms with Crippen LogP contribution in [-0.2, 0) is 6.42 Å². The smallest absolute Gasteiger partial charge is 0.324 e. The second-order valence-corrected chi connectivity index (χ2v) is 6.89. The van der Waals surface area contributed by atoms with Crippen molar-refractivity contribution in [2.75, 3.05) is 10.6 Å². The van der Waals surface area contributed by atoms with Crippen LogP contribution in [0.25, 0.3) is 11.3 Å².